The minimum Gasteiger partial charge on any atom is -0.385 e. The molecule has 0 radical (unpaired) electrons. The first-order valence-electron chi connectivity index (χ1n) is 3.26. The monoisotopic (exact) mass is 160 g/mol. The molecule has 0 amide bonds. The molecule has 0 aromatic carbocycles. The van der Waals surface area contributed by atoms with Crippen molar-refractivity contribution in [1.29, 1.82) is 0 Å². The molecule has 2 N–H and O–H groups in total. The second-order valence-corrected chi connectivity index (χ2v) is 2.93. The maximum atomic E-state index is 10.8. The van der Waals surface area contributed by atoms with Crippen molar-refractivity contribution in [1.82, 2.24) is 0 Å². The molecule has 0 aliphatic rings. The zero-order valence-corrected chi connectivity index (χ0v) is 6.79. The van der Waals surface area contributed by atoms with Crippen LogP contribution < -0.4 is 0 Å². The molecule has 0 heterocycles. The van der Waals surface area contributed by atoms with Crippen LogP contribution in [0, 0.1) is 0 Å². The third kappa shape index (κ3) is 2.78. The van der Waals surface area contributed by atoms with Crippen molar-refractivity contribution in [3.8, 4) is 0 Å². The van der Waals surface area contributed by atoms with Crippen LogP contribution in [0.3, 0.4) is 0 Å². The second kappa shape index (κ2) is 3.11. The lowest BCUT2D eigenvalue weighted by atomic mass is 9.98. The maximum absolute atomic E-state index is 10.8. The molecule has 0 spiro atoms. The summed E-state index contributed by atoms with van der Waals surface area (Å²) in [5, 5.41) is 17.7. The van der Waals surface area contributed by atoms with Gasteiger partial charge in [0.05, 0.1) is 0 Å². The average Bonchev–Trinajstić information content (AvgIpc) is 1.82. The second-order valence-electron chi connectivity index (χ2n) is 2.93. The highest BCUT2D eigenvalue weighted by Gasteiger charge is 2.32. The Labute approximate surface area is 64.8 Å². The van der Waals surface area contributed by atoms with Crippen molar-refractivity contribution in [2.24, 2.45) is 0 Å². The van der Waals surface area contributed by atoms with E-state index in [1.807, 2.05) is 0 Å². The van der Waals surface area contributed by atoms with Gasteiger partial charge >= 0.3 is 0 Å². The van der Waals surface area contributed by atoms with Gasteiger partial charge in [0.15, 0.2) is 0 Å². The predicted octanol–water partition coefficient (Wildman–Crippen LogP) is -0.724. The molecule has 0 rings (SSSR count). The molecule has 0 saturated heterocycles. The van der Waals surface area contributed by atoms with Crippen LogP contribution in [0.2, 0.25) is 0 Å². The molecule has 0 saturated carbocycles. The molecule has 4 heteroatoms. The zero-order chi connectivity index (χ0) is 9.23. The molecule has 11 heavy (non-hydrogen) atoms. The number of ketones is 2. The molecule has 1 unspecified atom stereocenters. The lowest BCUT2D eigenvalue weighted by molar-refractivity contribution is -0.149. The summed E-state index contributed by atoms with van der Waals surface area (Å²) in [4.78, 5) is 21.6. The Morgan fingerprint density at radius 2 is 1.73 bits per heavy atom. The highest BCUT2D eigenvalue weighted by Crippen LogP contribution is 2.04. The Hall–Kier alpha value is -0.740. The van der Waals surface area contributed by atoms with Gasteiger partial charge in [0.1, 0.15) is 11.7 Å². The molecule has 1 atom stereocenters. The van der Waals surface area contributed by atoms with E-state index >= 15 is 0 Å². The predicted molar refractivity (Wildman–Crippen MR) is 38.0 cm³/mol. The molecular formula is C7H12O4. The number of rotatable bonds is 3. The van der Waals surface area contributed by atoms with Gasteiger partial charge in [0.2, 0.25) is 11.6 Å². The van der Waals surface area contributed by atoms with Gasteiger partial charge in [-0.2, -0.15) is 0 Å². The summed E-state index contributed by atoms with van der Waals surface area (Å²) in [6.45, 7) is 3.59. The van der Waals surface area contributed by atoms with Gasteiger partial charge in [-0.15, -0.1) is 0 Å². The molecule has 0 aromatic rings. The number of Topliss-reactive ketones (excluding diaryl/α,β-unsaturated/α-hetero) is 2. The summed E-state index contributed by atoms with van der Waals surface area (Å²) >= 11 is 0. The highest BCUT2D eigenvalue weighted by molar-refractivity contribution is 6.41. The lowest BCUT2D eigenvalue weighted by Gasteiger charge is -2.14. The van der Waals surface area contributed by atoms with Gasteiger partial charge in [-0.3, -0.25) is 9.59 Å². The van der Waals surface area contributed by atoms with Gasteiger partial charge < -0.3 is 10.2 Å². The van der Waals surface area contributed by atoms with E-state index < -0.39 is 23.3 Å². The molecule has 0 aliphatic heterocycles. The molecule has 4 nitrogen and oxygen atoms in total. The quantitative estimate of drug-likeness (QED) is 0.534. The molecule has 0 fully saturated rings. The average molecular weight is 160 g/mol. The number of hydrogen-bond acceptors (Lipinski definition) is 4. The van der Waals surface area contributed by atoms with Crippen LogP contribution in [0.15, 0.2) is 0 Å². The van der Waals surface area contributed by atoms with Crippen LogP contribution in [0.5, 0.6) is 0 Å². The van der Waals surface area contributed by atoms with Crippen molar-refractivity contribution in [3.05, 3.63) is 0 Å². The Kier molecular flexibility index (Phi) is 2.90. The summed E-state index contributed by atoms with van der Waals surface area (Å²) in [6.07, 6.45) is -1.34. The number of aliphatic hydroxyl groups excluding tert-OH is 1. The third-order valence-corrected chi connectivity index (χ3v) is 1.16. The fraction of sp³-hybridized carbons (Fsp3) is 0.714. The van der Waals surface area contributed by atoms with Crippen molar-refractivity contribution in [3.63, 3.8) is 0 Å². The topological polar surface area (TPSA) is 74.6 Å². The van der Waals surface area contributed by atoms with Gasteiger partial charge in [0, 0.05) is 0 Å². The summed E-state index contributed by atoms with van der Waals surface area (Å²) in [5.41, 5.74) is -1.69. The lowest BCUT2D eigenvalue weighted by Crippen LogP contribution is -2.41. The van der Waals surface area contributed by atoms with E-state index in [1.165, 1.54) is 20.8 Å². The molecule has 0 bridgehead atoms. The van der Waals surface area contributed by atoms with Crippen LogP contribution in [0.25, 0.3) is 0 Å². The van der Waals surface area contributed by atoms with Crippen LogP contribution >= 0.6 is 0 Å². The maximum Gasteiger partial charge on any atom is 0.231 e. The van der Waals surface area contributed by atoms with Crippen molar-refractivity contribution in [2.45, 2.75) is 32.5 Å². The van der Waals surface area contributed by atoms with Crippen LogP contribution in [-0.2, 0) is 9.59 Å². The number of hydrogen-bond donors (Lipinski definition) is 2. The normalized spacial score (nSPS) is 14.3. The highest BCUT2D eigenvalue weighted by atomic mass is 16.3. The van der Waals surface area contributed by atoms with E-state index in [0.717, 1.165) is 0 Å². The largest absolute Gasteiger partial charge is 0.385 e. The van der Waals surface area contributed by atoms with E-state index in [1.54, 1.807) is 0 Å². The minimum absolute atomic E-state index is 0.961. The van der Waals surface area contributed by atoms with Crippen LogP contribution in [-0.4, -0.2) is 33.5 Å². The van der Waals surface area contributed by atoms with Gasteiger partial charge in [-0.25, -0.2) is 0 Å². The first kappa shape index (κ1) is 10.3. The third-order valence-electron chi connectivity index (χ3n) is 1.16. The van der Waals surface area contributed by atoms with Gasteiger partial charge in [-0.05, 0) is 20.8 Å². The number of aliphatic hydroxyl groups is 2. The minimum atomic E-state index is -1.69. The smallest absolute Gasteiger partial charge is 0.231 e. The van der Waals surface area contributed by atoms with Crippen LogP contribution in [0.4, 0.5) is 0 Å². The van der Waals surface area contributed by atoms with Crippen LogP contribution in [0.1, 0.15) is 20.8 Å². The van der Waals surface area contributed by atoms with Crippen molar-refractivity contribution < 1.29 is 19.8 Å². The summed E-state index contributed by atoms with van der Waals surface area (Å²) < 4.78 is 0. The first-order valence-corrected chi connectivity index (χ1v) is 3.26. The number of carbonyl (C=O) groups is 2. The Bertz CT molecular complexity index is 175. The van der Waals surface area contributed by atoms with Gasteiger partial charge in [-0.1, -0.05) is 0 Å². The molecule has 0 aromatic heterocycles. The first-order chi connectivity index (χ1) is 4.76. The van der Waals surface area contributed by atoms with Gasteiger partial charge in [0.25, 0.3) is 0 Å². The standard InChI is InChI=1S/C7H12O4/c1-4(8)5(9)6(10)7(2,3)11/h4,8,11H,1-3H3. The Balaban J connectivity index is 4.40. The van der Waals surface area contributed by atoms with E-state index in [4.69, 9.17) is 10.2 Å². The fourth-order valence-corrected chi connectivity index (χ4v) is 0.491. The Morgan fingerprint density at radius 3 is 1.82 bits per heavy atom. The summed E-state index contributed by atoms with van der Waals surface area (Å²) in [6, 6.07) is 0. The summed E-state index contributed by atoms with van der Waals surface area (Å²) in [5.74, 6) is -1.93. The molecule has 64 valence electrons. The summed E-state index contributed by atoms with van der Waals surface area (Å²) in [7, 11) is 0. The SMILES string of the molecule is CC(O)C(=O)C(=O)C(C)(C)O. The molecular weight excluding hydrogens is 148 g/mol. The van der Waals surface area contributed by atoms with Crippen molar-refractivity contribution >= 4 is 11.6 Å². The Morgan fingerprint density at radius 1 is 1.36 bits per heavy atom. The fourth-order valence-electron chi connectivity index (χ4n) is 0.491. The van der Waals surface area contributed by atoms with E-state index in [0.29, 0.717) is 0 Å². The molecule has 0 aliphatic carbocycles. The van der Waals surface area contributed by atoms with E-state index in [9.17, 15) is 9.59 Å². The van der Waals surface area contributed by atoms with E-state index in [2.05, 4.69) is 0 Å². The zero-order valence-electron chi connectivity index (χ0n) is 6.79. The van der Waals surface area contributed by atoms with Crippen molar-refractivity contribution in [2.75, 3.05) is 0 Å². The number of carbonyl (C=O) groups excluding carboxylic acids is 2. The van der Waals surface area contributed by atoms with E-state index in [-0.39, 0.29) is 0 Å².